The Labute approximate surface area is 102 Å². The van der Waals surface area contributed by atoms with Gasteiger partial charge in [-0.1, -0.05) is 0 Å². The Morgan fingerprint density at radius 2 is 1.88 bits per heavy atom. The molecular formula is C12H20N2O3. The molecule has 0 spiro atoms. The second kappa shape index (κ2) is 3.89. The number of rotatable bonds is 0. The van der Waals surface area contributed by atoms with Gasteiger partial charge < -0.3 is 9.64 Å². The van der Waals surface area contributed by atoms with E-state index >= 15 is 0 Å². The van der Waals surface area contributed by atoms with Gasteiger partial charge in [0.05, 0.1) is 12.1 Å². The van der Waals surface area contributed by atoms with E-state index in [9.17, 15) is 9.59 Å². The Hall–Kier alpha value is -1.26. The second-order valence-electron chi connectivity index (χ2n) is 5.81. The minimum absolute atomic E-state index is 0.00218. The van der Waals surface area contributed by atoms with Gasteiger partial charge >= 0.3 is 12.1 Å². The summed E-state index contributed by atoms with van der Waals surface area (Å²) in [4.78, 5) is 27.0. The molecule has 0 N–H and O–H groups in total. The van der Waals surface area contributed by atoms with E-state index in [1.54, 1.807) is 32.7 Å². The topological polar surface area (TPSA) is 49.9 Å². The van der Waals surface area contributed by atoms with Crippen LogP contribution in [0.4, 0.5) is 9.59 Å². The molecule has 1 unspecified atom stereocenters. The molecule has 17 heavy (non-hydrogen) atoms. The highest BCUT2D eigenvalue weighted by atomic mass is 16.6. The van der Waals surface area contributed by atoms with E-state index in [1.165, 1.54) is 4.90 Å². The summed E-state index contributed by atoms with van der Waals surface area (Å²) >= 11 is 0. The van der Waals surface area contributed by atoms with Crippen LogP contribution in [0.25, 0.3) is 0 Å². The van der Waals surface area contributed by atoms with Crippen molar-refractivity contribution in [2.75, 3.05) is 7.05 Å². The zero-order chi connectivity index (χ0) is 12.8. The van der Waals surface area contributed by atoms with Crippen LogP contribution < -0.4 is 0 Å². The van der Waals surface area contributed by atoms with Crippen molar-refractivity contribution in [2.24, 2.45) is 0 Å². The summed E-state index contributed by atoms with van der Waals surface area (Å²) in [6.45, 7) is 5.42. The Bertz CT molecular complexity index is 348. The predicted octanol–water partition coefficient (Wildman–Crippen LogP) is 2.21. The Kier molecular flexibility index (Phi) is 2.79. The molecule has 96 valence electrons. The maximum atomic E-state index is 12.0. The van der Waals surface area contributed by atoms with E-state index < -0.39 is 11.7 Å². The third-order valence-corrected chi connectivity index (χ3v) is 3.37. The van der Waals surface area contributed by atoms with Gasteiger partial charge in [-0.25, -0.2) is 14.5 Å². The zero-order valence-corrected chi connectivity index (χ0v) is 10.9. The van der Waals surface area contributed by atoms with Crippen LogP contribution in [0.3, 0.4) is 0 Å². The average Bonchev–Trinajstić information content (AvgIpc) is 2.69. The molecule has 1 saturated heterocycles. The minimum atomic E-state index is -0.563. The number of hydrogen-bond acceptors (Lipinski definition) is 3. The molecule has 1 saturated carbocycles. The van der Waals surface area contributed by atoms with Crippen LogP contribution in [0.5, 0.6) is 0 Å². The lowest BCUT2D eigenvalue weighted by Crippen LogP contribution is -2.43. The van der Waals surface area contributed by atoms with Crippen LogP contribution in [-0.2, 0) is 4.74 Å². The molecule has 5 nitrogen and oxygen atoms in total. The normalized spacial score (nSPS) is 28.6. The minimum Gasteiger partial charge on any atom is -0.443 e. The molecule has 3 amide bonds. The van der Waals surface area contributed by atoms with Crippen molar-refractivity contribution in [3.8, 4) is 0 Å². The van der Waals surface area contributed by atoms with Crippen LogP contribution >= 0.6 is 0 Å². The van der Waals surface area contributed by atoms with Crippen molar-refractivity contribution >= 4 is 12.1 Å². The lowest BCUT2D eigenvalue weighted by molar-refractivity contribution is 0.0293. The molecule has 2 atom stereocenters. The molecule has 2 rings (SSSR count). The maximum Gasteiger partial charge on any atom is 0.418 e. The van der Waals surface area contributed by atoms with Crippen molar-refractivity contribution in [1.29, 1.82) is 0 Å². The first kappa shape index (κ1) is 12.2. The molecule has 0 radical (unpaired) electrons. The first-order valence-electron chi connectivity index (χ1n) is 6.10. The van der Waals surface area contributed by atoms with Gasteiger partial charge in [0, 0.05) is 7.05 Å². The lowest BCUT2D eigenvalue weighted by Gasteiger charge is -2.25. The van der Waals surface area contributed by atoms with Gasteiger partial charge in [-0.2, -0.15) is 0 Å². The summed E-state index contributed by atoms with van der Waals surface area (Å²) in [5, 5.41) is 0. The fourth-order valence-electron chi connectivity index (χ4n) is 2.65. The molecule has 2 aliphatic rings. The first-order valence-corrected chi connectivity index (χ1v) is 6.10. The fourth-order valence-corrected chi connectivity index (χ4v) is 2.65. The van der Waals surface area contributed by atoms with E-state index in [-0.39, 0.29) is 18.1 Å². The SMILES string of the molecule is CN1C(=O)N(C(=O)OC(C)(C)C)[C@@H]2CCCC21. The summed E-state index contributed by atoms with van der Waals surface area (Å²) in [5.74, 6) is 0. The third-order valence-electron chi connectivity index (χ3n) is 3.37. The van der Waals surface area contributed by atoms with E-state index in [2.05, 4.69) is 0 Å². The number of likely N-dealkylation sites (N-methyl/N-ethyl adjacent to an activating group) is 1. The molecule has 5 heteroatoms. The highest BCUT2D eigenvalue weighted by Crippen LogP contribution is 2.35. The van der Waals surface area contributed by atoms with Gasteiger partial charge in [0.2, 0.25) is 0 Å². The number of amides is 3. The number of ether oxygens (including phenoxy) is 1. The molecule has 0 aromatic carbocycles. The number of carbonyl (C=O) groups is 2. The van der Waals surface area contributed by atoms with E-state index in [4.69, 9.17) is 4.74 Å². The van der Waals surface area contributed by atoms with Crippen LogP contribution in [0, 0.1) is 0 Å². The van der Waals surface area contributed by atoms with Crippen molar-refractivity contribution < 1.29 is 14.3 Å². The summed E-state index contributed by atoms with van der Waals surface area (Å²) in [5.41, 5.74) is -0.563. The van der Waals surface area contributed by atoms with Crippen molar-refractivity contribution in [1.82, 2.24) is 9.80 Å². The Morgan fingerprint density at radius 1 is 1.29 bits per heavy atom. The number of carbonyl (C=O) groups excluding carboxylic acids is 2. The molecule has 1 heterocycles. The second-order valence-corrected chi connectivity index (χ2v) is 5.81. The van der Waals surface area contributed by atoms with Gasteiger partial charge in [0.1, 0.15) is 5.60 Å². The maximum absolute atomic E-state index is 12.0. The summed E-state index contributed by atoms with van der Waals surface area (Å²) in [6.07, 6.45) is 2.42. The number of fused-ring (bicyclic) bond motifs is 1. The van der Waals surface area contributed by atoms with E-state index in [0.717, 1.165) is 19.3 Å². The fraction of sp³-hybridized carbons (Fsp3) is 0.833. The highest BCUT2D eigenvalue weighted by molar-refractivity contribution is 5.93. The van der Waals surface area contributed by atoms with Gasteiger partial charge in [0.15, 0.2) is 0 Å². The molecule has 0 aromatic heterocycles. The molecule has 2 fully saturated rings. The lowest BCUT2D eigenvalue weighted by atomic mass is 10.2. The Balaban J connectivity index is 2.15. The zero-order valence-electron chi connectivity index (χ0n) is 10.9. The van der Waals surface area contributed by atoms with Gasteiger partial charge in [-0.15, -0.1) is 0 Å². The van der Waals surface area contributed by atoms with E-state index in [1.807, 2.05) is 0 Å². The van der Waals surface area contributed by atoms with Gasteiger partial charge in [-0.3, -0.25) is 0 Å². The van der Waals surface area contributed by atoms with Crippen LogP contribution in [0.1, 0.15) is 40.0 Å². The largest absolute Gasteiger partial charge is 0.443 e. The van der Waals surface area contributed by atoms with E-state index in [0.29, 0.717) is 0 Å². The van der Waals surface area contributed by atoms with Gasteiger partial charge in [0.25, 0.3) is 0 Å². The summed E-state index contributed by atoms with van der Waals surface area (Å²) in [7, 11) is 1.76. The molecule has 1 aliphatic heterocycles. The smallest absolute Gasteiger partial charge is 0.418 e. The summed E-state index contributed by atoms with van der Waals surface area (Å²) < 4.78 is 5.29. The molecule has 1 aliphatic carbocycles. The van der Waals surface area contributed by atoms with Crippen LogP contribution in [0.2, 0.25) is 0 Å². The van der Waals surface area contributed by atoms with Crippen LogP contribution in [-0.4, -0.2) is 46.7 Å². The van der Waals surface area contributed by atoms with Crippen molar-refractivity contribution in [3.05, 3.63) is 0 Å². The van der Waals surface area contributed by atoms with Crippen molar-refractivity contribution in [2.45, 2.75) is 57.7 Å². The summed E-state index contributed by atoms with van der Waals surface area (Å²) in [6, 6.07) is -0.0497. The van der Waals surface area contributed by atoms with Crippen molar-refractivity contribution in [3.63, 3.8) is 0 Å². The number of nitrogens with zero attached hydrogens (tertiary/aromatic N) is 2. The third kappa shape index (κ3) is 2.10. The number of imide groups is 1. The van der Waals surface area contributed by atoms with Gasteiger partial charge in [-0.05, 0) is 40.0 Å². The molecular weight excluding hydrogens is 220 g/mol. The number of hydrogen-bond donors (Lipinski definition) is 0. The monoisotopic (exact) mass is 240 g/mol. The Morgan fingerprint density at radius 3 is 2.47 bits per heavy atom. The molecule has 0 aromatic rings. The number of urea groups is 1. The average molecular weight is 240 g/mol. The first-order chi connectivity index (χ1) is 7.81. The standard InChI is InChI=1S/C12H20N2O3/c1-12(2,3)17-11(16)14-9-7-5-6-8(9)13(4)10(14)15/h8-9H,5-7H2,1-4H3/t8?,9-/m1/s1. The predicted molar refractivity (Wildman–Crippen MR) is 62.7 cm³/mol. The highest BCUT2D eigenvalue weighted by Gasteiger charge is 2.50. The molecule has 0 bridgehead atoms. The van der Waals surface area contributed by atoms with Crippen LogP contribution in [0.15, 0.2) is 0 Å². The quantitative estimate of drug-likeness (QED) is 0.652.